The molecule has 0 saturated carbocycles. The first-order valence-corrected chi connectivity index (χ1v) is 7.09. The van der Waals surface area contributed by atoms with E-state index in [2.05, 4.69) is 20.6 Å². The normalized spacial score (nSPS) is 14.7. The van der Waals surface area contributed by atoms with Gasteiger partial charge in [-0.3, -0.25) is 10.1 Å². The molecule has 26 heavy (non-hydrogen) atoms. The number of alkyl halides is 3. The van der Waals surface area contributed by atoms with E-state index in [0.29, 0.717) is 11.4 Å². The number of hydrogen-bond acceptors (Lipinski definition) is 7. The van der Waals surface area contributed by atoms with Gasteiger partial charge in [0.25, 0.3) is 5.69 Å². The third-order valence-electron chi connectivity index (χ3n) is 3.46. The molecule has 0 unspecified atom stereocenters. The van der Waals surface area contributed by atoms with E-state index in [4.69, 9.17) is 0 Å². The maximum atomic E-state index is 12.9. The Bertz CT molecular complexity index is 994. The van der Waals surface area contributed by atoms with Gasteiger partial charge in [0.05, 0.1) is 16.3 Å². The Hall–Kier alpha value is -3.68. The number of nitrogens with one attached hydrogen (secondary N) is 2. The van der Waals surface area contributed by atoms with Crippen molar-refractivity contribution in [2.75, 3.05) is 10.6 Å². The number of non-ortho nitro benzene ring substituents is 1. The summed E-state index contributed by atoms with van der Waals surface area (Å²) in [6, 6.07) is 6.45. The molecule has 1 aromatic carbocycles. The summed E-state index contributed by atoms with van der Waals surface area (Å²) in [6.45, 7) is 1.35. The van der Waals surface area contributed by atoms with Gasteiger partial charge in [-0.2, -0.15) is 18.4 Å². The second-order valence-electron chi connectivity index (χ2n) is 5.31. The van der Waals surface area contributed by atoms with Crippen LogP contribution in [0.2, 0.25) is 0 Å². The molecule has 3 rings (SSSR count). The van der Waals surface area contributed by atoms with Crippen molar-refractivity contribution >= 4 is 22.6 Å². The van der Waals surface area contributed by atoms with Crippen LogP contribution in [0.25, 0.3) is 5.57 Å². The average Bonchev–Trinajstić information content (AvgIpc) is 2.96. The summed E-state index contributed by atoms with van der Waals surface area (Å²) < 4.78 is 38.8. The quantitative estimate of drug-likeness (QED) is 0.477. The Kier molecular flexibility index (Phi) is 3.96. The van der Waals surface area contributed by atoms with Crippen LogP contribution in [0.5, 0.6) is 0 Å². The summed E-state index contributed by atoms with van der Waals surface area (Å²) in [5, 5.41) is 25.7. The number of nitriles is 1. The fraction of sp³-hybridized carbons (Fsp3) is 0.133. The number of nitrogens with zero attached hydrogens (tertiary/aromatic N) is 4. The van der Waals surface area contributed by atoms with Gasteiger partial charge >= 0.3 is 6.18 Å². The molecular weight excluding hydrogens is 353 g/mol. The molecule has 1 aliphatic rings. The molecule has 0 fully saturated rings. The third kappa shape index (κ3) is 3.12. The lowest BCUT2D eigenvalue weighted by Crippen LogP contribution is -2.13. The van der Waals surface area contributed by atoms with Gasteiger partial charge in [-0.05, 0) is 19.1 Å². The van der Waals surface area contributed by atoms with Crippen molar-refractivity contribution in [3.63, 3.8) is 0 Å². The lowest BCUT2D eigenvalue weighted by Gasteiger charge is -2.09. The van der Waals surface area contributed by atoms with Gasteiger partial charge in [0.15, 0.2) is 5.82 Å². The van der Waals surface area contributed by atoms with Crippen LogP contribution < -0.4 is 10.6 Å². The number of aryl methyl sites for hydroxylation is 1. The van der Waals surface area contributed by atoms with E-state index in [1.807, 2.05) is 0 Å². The van der Waals surface area contributed by atoms with Crippen molar-refractivity contribution in [1.29, 1.82) is 5.26 Å². The predicted octanol–water partition coefficient (Wildman–Crippen LogP) is 3.44. The molecule has 0 radical (unpaired) electrons. The number of nitro benzene ring substituents is 1. The minimum Gasteiger partial charge on any atom is -0.339 e. The molecule has 0 bridgehead atoms. The number of allylic oxidation sites excluding steroid dienone is 1. The molecule has 11 heteroatoms. The number of benzene rings is 1. The van der Waals surface area contributed by atoms with Crippen molar-refractivity contribution in [3.05, 3.63) is 57.4 Å². The minimum absolute atomic E-state index is 0.0433. The molecule has 0 aliphatic carbocycles. The van der Waals surface area contributed by atoms with Gasteiger partial charge in [-0.15, -0.1) is 0 Å². The SMILES string of the molecule is Cc1cc(C(F)(F)F)nc(/C(C#N)=C2/Nc3ccc([N+](=O)[O-])cc3N2)n1. The van der Waals surface area contributed by atoms with Crippen LogP contribution in [-0.4, -0.2) is 14.9 Å². The lowest BCUT2D eigenvalue weighted by molar-refractivity contribution is -0.384. The van der Waals surface area contributed by atoms with Gasteiger partial charge in [-0.1, -0.05) is 0 Å². The zero-order chi connectivity index (χ0) is 19.1. The molecule has 0 atom stereocenters. The van der Waals surface area contributed by atoms with E-state index in [-0.39, 0.29) is 22.8 Å². The lowest BCUT2D eigenvalue weighted by atomic mass is 10.2. The summed E-state index contributed by atoms with van der Waals surface area (Å²) in [4.78, 5) is 17.6. The number of fused-ring (bicyclic) bond motifs is 1. The summed E-state index contributed by atoms with van der Waals surface area (Å²) in [5.41, 5.74) is -0.809. The van der Waals surface area contributed by atoms with Gasteiger partial charge in [0.1, 0.15) is 23.2 Å². The van der Waals surface area contributed by atoms with E-state index < -0.39 is 22.6 Å². The average molecular weight is 362 g/mol. The zero-order valence-electron chi connectivity index (χ0n) is 13.0. The van der Waals surface area contributed by atoms with Crippen LogP contribution in [0.1, 0.15) is 17.2 Å². The van der Waals surface area contributed by atoms with E-state index in [1.165, 1.54) is 25.1 Å². The maximum absolute atomic E-state index is 12.9. The predicted molar refractivity (Wildman–Crippen MR) is 84.6 cm³/mol. The van der Waals surface area contributed by atoms with Crippen molar-refractivity contribution in [3.8, 4) is 6.07 Å². The standard InChI is InChI=1S/C15H9F3N6O2/c1-7-4-12(15(16,17)18)23-13(20-7)9(6-19)14-21-10-3-2-8(24(25)26)5-11(10)22-14/h2-5,21-22H,1H3/b14-9-. The number of anilines is 2. The van der Waals surface area contributed by atoms with Gasteiger partial charge < -0.3 is 10.6 Å². The van der Waals surface area contributed by atoms with E-state index >= 15 is 0 Å². The second-order valence-corrected chi connectivity index (χ2v) is 5.31. The number of rotatable bonds is 2. The minimum atomic E-state index is -4.69. The Morgan fingerprint density at radius 2 is 1.92 bits per heavy atom. The summed E-state index contributed by atoms with van der Waals surface area (Å²) >= 11 is 0. The smallest absolute Gasteiger partial charge is 0.339 e. The Labute approximate surface area is 144 Å². The highest BCUT2D eigenvalue weighted by Crippen LogP contribution is 2.36. The van der Waals surface area contributed by atoms with E-state index in [0.717, 1.165) is 6.07 Å². The molecule has 1 aromatic heterocycles. The number of halogens is 3. The van der Waals surface area contributed by atoms with E-state index in [1.54, 1.807) is 6.07 Å². The molecule has 132 valence electrons. The Balaban J connectivity index is 2.06. The Morgan fingerprint density at radius 1 is 1.23 bits per heavy atom. The molecular formula is C15H9F3N6O2. The largest absolute Gasteiger partial charge is 0.433 e. The highest BCUT2D eigenvalue weighted by Gasteiger charge is 2.34. The van der Waals surface area contributed by atoms with Crippen molar-refractivity contribution in [1.82, 2.24) is 9.97 Å². The second kappa shape index (κ2) is 5.99. The van der Waals surface area contributed by atoms with Crippen LogP contribution in [0, 0.1) is 28.4 Å². The molecule has 2 aromatic rings. The monoisotopic (exact) mass is 362 g/mol. The van der Waals surface area contributed by atoms with Crippen LogP contribution >= 0.6 is 0 Å². The van der Waals surface area contributed by atoms with Gasteiger partial charge in [-0.25, -0.2) is 9.97 Å². The number of aromatic nitrogens is 2. The third-order valence-corrected chi connectivity index (χ3v) is 3.46. The molecule has 8 nitrogen and oxygen atoms in total. The first kappa shape index (κ1) is 17.2. The highest BCUT2D eigenvalue weighted by molar-refractivity contribution is 5.89. The first-order valence-electron chi connectivity index (χ1n) is 7.09. The van der Waals surface area contributed by atoms with E-state index in [9.17, 15) is 28.5 Å². The maximum Gasteiger partial charge on any atom is 0.433 e. The van der Waals surface area contributed by atoms with Crippen LogP contribution in [0.4, 0.5) is 30.2 Å². The van der Waals surface area contributed by atoms with Crippen LogP contribution in [-0.2, 0) is 6.18 Å². The fourth-order valence-electron chi connectivity index (χ4n) is 2.33. The number of hydrogen-bond donors (Lipinski definition) is 2. The van der Waals surface area contributed by atoms with Crippen LogP contribution in [0.15, 0.2) is 30.1 Å². The molecule has 0 amide bonds. The van der Waals surface area contributed by atoms with Crippen molar-refractivity contribution in [2.45, 2.75) is 13.1 Å². The molecule has 1 aliphatic heterocycles. The summed E-state index contributed by atoms with van der Waals surface area (Å²) in [5.74, 6) is -0.362. The van der Waals surface area contributed by atoms with Crippen molar-refractivity contribution in [2.24, 2.45) is 0 Å². The zero-order valence-corrected chi connectivity index (χ0v) is 13.0. The highest BCUT2D eigenvalue weighted by atomic mass is 19.4. The van der Waals surface area contributed by atoms with Gasteiger partial charge in [0, 0.05) is 17.8 Å². The summed E-state index contributed by atoms with van der Waals surface area (Å²) in [6.07, 6.45) is -4.69. The Morgan fingerprint density at radius 3 is 2.54 bits per heavy atom. The van der Waals surface area contributed by atoms with Gasteiger partial charge in [0.2, 0.25) is 0 Å². The molecule has 0 spiro atoms. The van der Waals surface area contributed by atoms with Crippen LogP contribution in [0.3, 0.4) is 0 Å². The van der Waals surface area contributed by atoms with Crippen molar-refractivity contribution < 1.29 is 18.1 Å². The topological polar surface area (TPSA) is 117 Å². The molecule has 0 saturated heterocycles. The molecule has 2 heterocycles. The molecule has 2 N–H and O–H groups in total. The fourth-order valence-corrected chi connectivity index (χ4v) is 2.33. The first-order chi connectivity index (χ1) is 12.2. The number of nitro groups is 1. The summed E-state index contributed by atoms with van der Waals surface area (Å²) in [7, 11) is 0.